The predicted octanol–water partition coefficient (Wildman–Crippen LogP) is 1.21. The maximum absolute atomic E-state index is 11.2. The van der Waals surface area contributed by atoms with Gasteiger partial charge >= 0.3 is 5.97 Å². The van der Waals surface area contributed by atoms with Crippen LogP contribution in [0.5, 0.6) is 0 Å². The lowest BCUT2D eigenvalue weighted by molar-refractivity contribution is -0.142. The van der Waals surface area contributed by atoms with Crippen LogP contribution in [0.1, 0.15) is 19.5 Å². The van der Waals surface area contributed by atoms with Crippen molar-refractivity contribution in [3.63, 3.8) is 0 Å². The number of nitrogens with two attached hydrogens (primary N) is 1. The molecule has 0 radical (unpaired) electrons. The van der Waals surface area contributed by atoms with E-state index in [9.17, 15) is 9.59 Å². The van der Waals surface area contributed by atoms with Gasteiger partial charge in [0.1, 0.15) is 0 Å². The van der Waals surface area contributed by atoms with Gasteiger partial charge in [-0.3, -0.25) is 9.59 Å². The monoisotopic (exact) mass is 274 g/mol. The van der Waals surface area contributed by atoms with Crippen LogP contribution in [0.15, 0.2) is 9.72 Å². The summed E-state index contributed by atoms with van der Waals surface area (Å²) < 4.78 is 5.55. The van der Waals surface area contributed by atoms with Gasteiger partial charge in [-0.15, -0.1) is 11.3 Å². The zero-order valence-electron chi connectivity index (χ0n) is 9.63. The van der Waals surface area contributed by atoms with Gasteiger partial charge in [0.15, 0.2) is 4.34 Å². The number of primary amides is 1. The minimum Gasteiger partial charge on any atom is -0.466 e. The Morgan fingerprint density at radius 2 is 2.35 bits per heavy atom. The number of hydrogen-bond donors (Lipinski definition) is 1. The lowest BCUT2D eigenvalue weighted by atomic mass is 10.3. The molecule has 0 bridgehead atoms. The van der Waals surface area contributed by atoms with Crippen LogP contribution < -0.4 is 5.73 Å². The maximum Gasteiger partial charge on any atom is 0.311 e. The number of carbonyl (C=O) groups is 2. The highest BCUT2D eigenvalue weighted by Crippen LogP contribution is 2.26. The molecule has 0 aromatic carbocycles. The van der Waals surface area contributed by atoms with Gasteiger partial charge in [-0.25, -0.2) is 4.98 Å². The molecule has 0 saturated heterocycles. The maximum atomic E-state index is 11.2. The van der Waals surface area contributed by atoms with Gasteiger partial charge in [0, 0.05) is 5.38 Å². The minimum atomic E-state index is -0.378. The van der Waals surface area contributed by atoms with Crippen molar-refractivity contribution in [2.24, 2.45) is 5.73 Å². The summed E-state index contributed by atoms with van der Waals surface area (Å²) in [7, 11) is 0. The van der Waals surface area contributed by atoms with Crippen molar-refractivity contribution in [3.8, 4) is 0 Å². The van der Waals surface area contributed by atoms with Crippen LogP contribution in [-0.4, -0.2) is 28.7 Å². The van der Waals surface area contributed by atoms with Crippen molar-refractivity contribution < 1.29 is 14.3 Å². The summed E-state index contributed by atoms with van der Waals surface area (Å²) in [4.78, 5) is 26.3. The molecule has 1 aromatic heterocycles. The fraction of sp³-hybridized carbons (Fsp3) is 0.500. The molecule has 0 aliphatic carbocycles. The van der Waals surface area contributed by atoms with Crippen LogP contribution in [0.3, 0.4) is 0 Å². The molecule has 1 atom stereocenters. The van der Waals surface area contributed by atoms with Crippen LogP contribution in [-0.2, 0) is 20.7 Å². The highest BCUT2D eigenvalue weighted by Gasteiger charge is 2.14. The molecule has 1 unspecified atom stereocenters. The van der Waals surface area contributed by atoms with Crippen LogP contribution in [0, 0.1) is 0 Å². The average molecular weight is 274 g/mol. The van der Waals surface area contributed by atoms with E-state index in [1.54, 1.807) is 19.2 Å². The van der Waals surface area contributed by atoms with Crippen molar-refractivity contribution in [1.29, 1.82) is 0 Å². The zero-order chi connectivity index (χ0) is 12.8. The van der Waals surface area contributed by atoms with Gasteiger partial charge in [-0.2, -0.15) is 0 Å². The third kappa shape index (κ3) is 4.74. The Kier molecular flexibility index (Phi) is 5.43. The zero-order valence-corrected chi connectivity index (χ0v) is 11.3. The van der Waals surface area contributed by atoms with E-state index < -0.39 is 0 Å². The van der Waals surface area contributed by atoms with Crippen molar-refractivity contribution in [2.45, 2.75) is 29.9 Å². The molecule has 1 aromatic rings. The quantitative estimate of drug-likeness (QED) is 0.623. The molecule has 1 heterocycles. The highest BCUT2D eigenvalue weighted by atomic mass is 32.2. The van der Waals surface area contributed by atoms with E-state index in [4.69, 9.17) is 10.5 Å². The number of thiazole rings is 1. The van der Waals surface area contributed by atoms with Crippen LogP contribution in [0.25, 0.3) is 0 Å². The van der Waals surface area contributed by atoms with Crippen LogP contribution in [0.4, 0.5) is 0 Å². The van der Waals surface area contributed by atoms with E-state index in [-0.39, 0.29) is 23.5 Å². The molecule has 1 rings (SSSR count). The first-order valence-corrected chi connectivity index (χ1v) is 6.84. The second-order valence-corrected chi connectivity index (χ2v) is 5.70. The van der Waals surface area contributed by atoms with Crippen molar-refractivity contribution >= 4 is 35.0 Å². The number of nitrogens with zero attached hydrogens (tertiary/aromatic N) is 1. The third-order valence-electron chi connectivity index (χ3n) is 1.84. The Morgan fingerprint density at radius 1 is 1.65 bits per heavy atom. The fourth-order valence-electron chi connectivity index (χ4n) is 0.993. The van der Waals surface area contributed by atoms with Gasteiger partial charge in [-0.05, 0) is 13.8 Å². The van der Waals surface area contributed by atoms with Gasteiger partial charge < -0.3 is 10.5 Å². The molecule has 5 nitrogen and oxygen atoms in total. The van der Waals surface area contributed by atoms with E-state index in [1.165, 1.54) is 23.1 Å². The Hall–Kier alpha value is -1.08. The molecular formula is C10H14N2O3S2. The fourth-order valence-corrected chi connectivity index (χ4v) is 2.92. The number of hydrogen-bond acceptors (Lipinski definition) is 6. The molecule has 0 aliphatic rings. The largest absolute Gasteiger partial charge is 0.466 e. The Bertz CT molecular complexity index is 406. The minimum absolute atomic E-state index is 0.163. The van der Waals surface area contributed by atoms with E-state index in [2.05, 4.69) is 4.98 Å². The molecule has 7 heteroatoms. The van der Waals surface area contributed by atoms with Gasteiger partial charge in [0.25, 0.3) is 0 Å². The molecule has 0 spiro atoms. The summed E-state index contributed by atoms with van der Waals surface area (Å²) >= 11 is 2.69. The van der Waals surface area contributed by atoms with Crippen molar-refractivity contribution in [2.75, 3.05) is 6.61 Å². The molecular weight excluding hydrogens is 260 g/mol. The SMILES string of the molecule is CCOC(=O)Cc1csc(SC(C)C(N)=O)n1. The molecule has 0 saturated carbocycles. The highest BCUT2D eigenvalue weighted by molar-refractivity contribution is 8.02. The standard InChI is InChI=1S/C10H14N2O3S2/c1-3-15-8(13)4-7-5-16-10(12-7)17-6(2)9(11)14/h5-6H,3-4H2,1-2H3,(H2,11,14). The number of carbonyl (C=O) groups excluding carboxylic acids is 2. The van der Waals surface area contributed by atoms with Crippen molar-refractivity contribution in [1.82, 2.24) is 4.98 Å². The Morgan fingerprint density at radius 3 is 2.94 bits per heavy atom. The van der Waals surface area contributed by atoms with Gasteiger partial charge in [-0.1, -0.05) is 11.8 Å². The Balaban J connectivity index is 2.53. The third-order valence-corrected chi connectivity index (χ3v) is 3.98. The van der Waals surface area contributed by atoms with Crippen LogP contribution in [0.2, 0.25) is 0 Å². The molecule has 0 aliphatic heterocycles. The van der Waals surface area contributed by atoms with Gasteiger partial charge in [0.2, 0.25) is 5.91 Å². The predicted molar refractivity (Wildman–Crippen MR) is 67.0 cm³/mol. The number of thioether (sulfide) groups is 1. The van der Waals surface area contributed by atoms with E-state index in [1.807, 2.05) is 0 Å². The van der Waals surface area contributed by atoms with E-state index >= 15 is 0 Å². The molecule has 17 heavy (non-hydrogen) atoms. The summed E-state index contributed by atoms with van der Waals surface area (Å²) in [6.07, 6.45) is 0.163. The molecule has 94 valence electrons. The lowest BCUT2D eigenvalue weighted by Gasteiger charge is -2.02. The Labute approximate surface area is 108 Å². The summed E-state index contributed by atoms with van der Waals surface area (Å²) in [5, 5.41) is 1.46. The lowest BCUT2D eigenvalue weighted by Crippen LogP contribution is -2.22. The first-order chi connectivity index (χ1) is 8.02. The number of amides is 1. The number of esters is 1. The second kappa shape index (κ2) is 6.61. The number of aromatic nitrogens is 1. The first kappa shape index (κ1) is 14.0. The van der Waals surface area contributed by atoms with E-state index in [0.29, 0.717) is 12.3 Å². The van der Waals surface area contributed by atoms with Crippen LogP contribution >= 0.6 is 23.1 Å². The smallest absolute Gasteiger partial charge is 0.311 e. The topological polar surface area (TPSA) is 82.3 Å². The molecule has 2 N–H and O–H groups in total. The number of rotatable bonds is 6. The first-order valence-electron chi connectivity index (χ1n) is 5.09. The summed E-state index contributed by atoms with van der Waals surface area (Å²) in [6, 6.07) is 0. The van der Waals surface area contributed by atoms with Crippen molar-refractivity contribution in [3.05, 3.63) is 11.1 Å². The van der Waals surface area contributed by atoms with E-state index in [0.717, 1.165) is 4.34 Å². The average Bonchev–Trinajstić information content (AvgIpc) is 2.65. The summed E-state index contributed by atoms with van der Waals surface area (Å²) in [5.41, 5.74) is 5.81. The second-order valence-electron chi connectivity index (χ2n) is 3.25. The molecule has 1 amide bonds. The van der Waals surface area contributed by atoms with Gasteiger partial charge in [0.05, 0.1) is 24.0 Å². The summed E-state index contributed by atoms with van der Waals surface area (Å²) in [5.74, 6) is -0.672. The normalized spacial score (nSPS) is 12.1. The number of ether oxygens (including phenoxy) is 1. The molecule has 0 fully saturated rings. The summed E-state index contributed by atoms with van der Waals surface area (Å²) in [6.45, 7) is 3.84.